The Morgan fingerprint density at radius 3 is 1.92 bits per heavy atom. The fourth-order valence-corrected chi connectivity index (χ4v) is 3.14. The maximum Gasteiger partial charge on any atom is 0.220 e. The van der Waals surface area contributed by atoms with Gasteiger partial charge in [0.2, 0.25) is 5.91 Å². The Morgan fingerprint density at radius 1 is 0.808 bits per heavy atom. The Bertz CT molecular complexity index is 328. The number of aliphatic hydroxyl groups excluding tert-OH is 1. The zero-order valence-corrected chi connectivity index (χ0v) is 17.6. The first-order valence-corrected chi connectivity index (χ1v) is 11.3. The summed E-state index contributed by atoms with van der Waals surface area (Å²) in [4.78, 5) is 11.9. The Hall–Kier alpha value is -0.830. The summed E-state index contributed by atoms with van der Waals surface area (Å²) in [6.45, 7) is 4.44. The van der Waals surface area contributed by atoms with Gasteiger partial charge in [0.25, 0.3) is 0 Å². The quantitative estimate of drug-likeness (QED) is 0.208. The molecular formula is C23H45NO2. The maximum absolute atomic E-state index is 11.9. The Labute approximate surface area is 163 Å². The third kappa shape index (κ3) is 18.0. The standard InChI is InChI=1S/C23H45NO2/c1-3-5-7-8-9-10-11-12-13-14-15-16-17-18-20-23(26)24-22(21-25)19-6-4-2/h10-11,22,25H,3-9,12-21H2,1-2H3,(H,24,26). The molecule has 0 radical (unpaired) electrons. The normalized spacial score (nSPS) is 12.6. The van der Waals surface area contributed by atoms with Crippen LogP contribution >= 0.6 is 0 Å². The second-order valence-corrected chi connectivity index (χ2v) is 7.57. The van der Waals surface area contributed by atoms with Gasteiger partial charge in [-0.05, 0) is 38.5 Å². The molecule has 1 amide bonds. The molecule has 0 saturated carbocycles. The van der Waals surface area contributed by atoms with Crippen molar-refractivity contribution in [2.75, 3.05) is 6.61 Å². The lowest BCUT2D eigenvalue weighted by atomic mass is 10.1. The van der Waals surface area contributed by atoms with Crippen LogP contribution in [0.1, 0.15) is 117 Å². The lowest BCUT2D eigenvalue weighted by Crippen LogP contribution is -2.37. The number of aliphatic hydroxyl groups is 1. The molecule has 3 heteroatoms. The topological polar surface area (TPSA) is 49.3 Å². The van der Waals surface area contributed by atoms with Gasteiger partial charge in [-0.2, -0.15) is 0 Å². The van der Waals surface area contributed by atoms with Gasteiger partial charge in [0.1, 0.15) is 0 Å². The monoisotopic (exact) mass is 367 g/mol. The molecule has 0 aliphatic carbocycles. The van der Waals surface area contributed by atoms with E-state index in [1.807, 2.05) is 0 Å². The second-order valence-electron chi connectivity index (χ2n) is 7.57. The van der Waals surface area contributed by atoms with Crippen LogP contribution < -0.4 is 5.32 Å². The SMILES string of the molecule is CCCCCCC=CCCCCCCCCC(=O)NC(CO)CCCC. The third-order valence-corrected chi connectivity index (χ3v) is 4.91. The number of amides is 1. The molecule has 3 nitrogen and oxygen atoms in total. The Kier molecular flexibility index (Phi) is 19.8. The molecule has 0 heterocycles. The smallest absolute Gasteiger partial charge is 0.220 e. The van der Waals surface area contributed by atoms with E-state index in [1.54, 1.807) is 0 Å². The molecule has 0 fully saturated rings. The second kappa shape index (κ2) is 20.5. The number of allylic oxidation sites excluding steroid dienone is 2. The zero-order chi connectivity index (χ0) is 19.3. The molecule has 0 aliphatic rings. The summed E-state index contributed by atoms with van der Waals surface area (Å²) in [6, 6.07) is -0.0536. The zero-order valence-electron chi connectivity index (χ0n) is 17.6. The highest BCUT2D eigenvalue weighted by molar-refractivity contribution is 5.76. The van der Waals surface area contributed by atoms with Gasteiger partial charge in [0.05, 0.1) is 12.6 Å². The van der Waals surface area contributed by atoms with Gasteiger partial charge in [0, 0.05) is 6.42 Å². The molecule has 1 unspecified atom stereocenters. The molecule has 1 atom stereocenters. The molecule has 0 aromatic rings. The van der Waals surface area contributed by atoms with Crippen LogP contribution in [0.3, 0.4) is 0 Å². The van der Waals surface area contributed by atoms with Crippen LogP contribution in [0.4, 0.5) is 0 Å². The molecule has 2 N–H and O–H groups in total. The van der Waals surface area contributed by atoms with Crippen LogP contribution in [0.15, 0.2) is 12.2 Å². The average molecular weight is 368 g/mol. The first kappa shape index (κ1) is 25.2. The van der Waals surface area contributed by atoms with Gasteiger partial charge < -0.3 is 10.4 Å². The maximum atomic E-state index is 11.9. The number of hydrogen-bond donors (Lipinski definition) is 2. The van der Waals surface area contributed by atoms with Gasteiger partial charge in [-0.1, -0.05) is 83.8 Å². The molecule has 26 heavy (non-hydrogen) atoms. The van der Waals surface area contributed by atoms with Crippen molar-refractivity contribution in [2.24, 2.45) is 0 Å². The summed E-state index contributed by atoms with van der Waals surface area (Å²) >= 11 is 0. The minimum absolute atomic E-state index is 0.0536. The first-order valence-electron chi connectivity index (χ1n) is 11.3. The summed E-state index contributed by atoms with van der Waals surface area (Å²) in [5, 5.41) is 12.2. The summed E-state index contributed by atoms with van der Waals surface area (Å²) in [5.41, 5.74) is 0. The lowest BCUT2D eigenvalue weighted by molar-refractivity contribution is -0.122. The van der Waals surface area contributed by atoms with Crippen molar-refractivity contribution < 1.29 is 9.90 Å². The van der Waals surface area contributed by atoms with Crippen molar-refractivity contribution in [3.63, 3.8) is 0 Å². The van der Waals surface area contributed by atoms with Crippen LogP contribution in [-0.2, 0) is 4.79 Å². The first-order chi connectivity index (χ1) is 12.7. The summed E-state index contributed by atoms with van der Waals surface area (Å²) in [5.74, 6) is 0.101. The van der Waals surface area contributed by atoms with E-state index in [2.05, 4.69) is 31.3 Å². The molecular weight excluding hydrogens is 322 g/mol. The van der Waals surface area contributed by atoms with Crippen molar-refractivity contribution >= 4 is 5.91 Å². The molecule has 0 spiro atoms. The van der Waals surface area contributed by atoms with E-state index in [1.165, 1.54) is 64.2 Å². The van der Waals surface area contributed by atoms with Gasteiger partial charge >= 0.3 is 0 Å². The molecule has 0 rings (SSSR count). The molecule has 154 valence electrons. The number of rotatable bonds is 19. The van der Waals surface area contributed by atoms with E-state index in [0.29, 0.717) is 6.42 Å². The van der Waals surface area contributed by atoms with Crippen LogP contribution in [0.25, 0.3) is 0 Å². The number of carbonyl (C=O) groups is 1. The number of carbonyl (C=O) groups excluding carboxylic acids is 1. The number of nitrogens with one attached hydrogen (secondary N) is 1. The van der Waals surface area contributed by atoms with Crippen LogP contribution in [0.2, 0.25) is 0 Å². The van der Waals surface area contributed by atoms with E-state index >= 15 is 0 Å². The fraction of sp³-hybridized carbons (Fsp3) is 0.870. The third-order valence-electron chi connectivity index (χ3n) is 4.91. The average Bonchev–Trinajstić information content (AvgIpc) is 2.65. The Balaban J connectivity index is 3.37. The molecule has 0 aliphatic heterocycles. The van der Waals surface area contributed by atoms with Crippen molar-refractivity contribution in [1.82, 2.24) is 5.32 Å². The van der Waals surface area contributed by atoms with Gasteiger partial charge in [-0.25, -0.2) is 0 Å². The van der Waals surface area contributed by atoms with Crippen molar-refractivity contribution in [3.8, 4) is 0 Å². The highest BCUT2D eigenvalue weighted by Gasteiger charge is 2.10. The van der Waals surface area contributed by atoms with Crippen molar-refractivity contribution in [2.45, 2.75) is 123 Å². The van der Waals surface area contributed by atoms with Gasteiger partial charge in [-0.3, -0.25) is 4.79 Å². The van der Waals surface area contributed by atoms with Gasteiger partial charge in [-0.15, -0.1) is 0 Å². The van der Waals surface area contributed by atoms with Crippen molar-refractivity contribution in [1.29, 1.82) is 0 Å². The number of hydrogen-bond acceptors (Lipinski definition) is 2. The summed E-state index contributed by atoms with van der Waals surface area (Å²) < 4.78 is 0. The van der Waals surface area contributed by atoms with Crippen molar-refractivity contribution in [3.05, 3.63) is 12.2 Å². The highest BCUT2D eigenvalue weighted by Crippen LogP contribution is 2.10. The molecule has 0 bridgehead atoms. The summed E-state index contributed by atoms with van der Waals surface area (Å²) in [7, 11) is 0. The molecule has 0 saturated heterocycles. The van der Waals surface area contributed by atoms with E-state index in [-0.39, 0.29) is 18.6 Å². The fourth-order valence-electron chi connectivity index (χ4n) is 3.14. The van der Waals surface area contributed by atoms with E-state index in [0.717, 1.165) is 32.1 Å². The molecule has 0 aromatic carbocycles. The molecule has 0 aromatic heterocycles. The van der Waals surface area contributed by atoms with E-state index in [4.69, 9.17) is 0 Å². The Morgan fingerprint density at radius 2 is 1.35 bits per heavy atom. The number of unbranched alkanes of at least 4 members (excludes halogenated alkanes) is 11. The van der Waals surface area contributed by atoms with E-state index in [9.17, 15) is 9.90 Å². The van der Waals surface area contributed by atoms with E-state index < -0.39 is 0 Å². The lowest BCUT2D eigenvalue weighted by Gasteiger charge is -2.15. The minimum atomic E-state index is -0.0536. The van der Waals surface area contributed by atoms with Crippen LogP contribution in [-0.4, -0.2) is 23.7 Å². The van der Waals surface area contributed by atoms with Crippen LogP contribution in [0, 0.1) is 0 Å². The predicted octanol–water partition coefficient (Wildman–Crippen LogP) is 6.30. The van der Waals surface area contributed by atoms with Gasteiger partial charge in [0.15, 0.2) is 0 Å². The summed E-state index contributed by atoms with van der Waals surface area (Å²) in [6.07, 6.45) is 23.4. The predicted molar refractivity (Wildman–Crippen MR) is 113 cm³/mol. The van der Waals surface area contributed by atoms with Crippen LogP contribution in [0.5, 0.6) is 0 Å². The highest BCUT2D eigenvalue weighted by atomic mass is 16.3. The minimum Gasteiger partial charge on any atom is -0.394 e. The largest absolute Gasteiger partial charge is 0.394 e.